The fraction of sp³-hybridized carbons (Fsp3) is 0.714. The lowest BCUT2D eigenvalue weighted by Crippen LogP contribution is -1.91. The first kappa shape index (κ1) is 6.04. The van der Waals surface area contributed by atoms with Crippen molar-refractivity contribution in [3.05, 3.63) is 0 Å². The van der Waals surface area contributed by atoms with Crippen LogP contribution in [-0.4, -0.2) is 11.0 Å². The van der Waals surface area contributed by atoms with Crippen molar-refractivity contribution in [1.82, 2.24) is 0 Å². The minimum absolute atomic E-state index is 0.792. The second-order valence-electron chi connectivity index (χ2n) is 2.04. The van der Waals surface area contributed by atoms with Gasteiger partial charge in [-0.15, -0.1) is 12.3 Å². The summed E-state index contributed by atoms with van der Waals surface area (Å²) in [6, 6.07) is 0. The zero-order valence-electron chi connectivity index (χ0n) is 4.89. The highest BCUT2D eigenvalue weighted by atomic mass is 32.2. The van der Waals surface area contributed by atoms with Crippen LogP contribution in [0.15, 0.2) is 0 Å². The molecule has 0 aromatic rings. The summed E-state index contributed by atoms with van der Waals surface area (Å²) < 4.78 is 0. The molecule has 0 amide bonds. The van der Waals surface area contributed by atoms with E-state index in [-0.39, 0.29) is 0 Å². The van der Waals surface area contributed by atoms with E-state index in [2.05, 4.69) is 5.92 Å². The maximum atomic E-state index is 5.14. The van der Waals surface area contributed by atoms with Crippen molar-refractivity contribution in [2.75, 3.05) is 5.75 Å². The molecule has 1 aliphatic rings. The van der Waals surface area contributed by atoms with E-state index in [1.807, 2.05) is 11.8 Å². The van der Waals surface area contributed by atoms with E-state index < -0.39 is 0 Å². The average molecular weight is 126 g/mol. The fourth-order valence-corrected chi connectivity index (χ4v) is 2.15. The van der Waals surface area contributed by atoms with Gasteiger partial charge in [0.1, 0.15) is 0 Å². The van der Waals surface area contributed by atoms with Gasteiger partial charge in [0.25, 0.3) is 0 Å². The van der Waals surface area contributed by atoms with E-state index in [4.69, 9.17) is 6.42 Å². The van der Waals surface area contributed by atoms with Crippen molar-refractivity contribution >= 4 is 11.8 Å². The Morgan fingerprint density at radius 3 is 3.12 bits per heavy atom. The minimum Gasteiger partial charge on any atom is -0.158 e. The molecule has 0 radical (unpaired) electrons. The third-order valence-corrected chi connectivity index (χ3v) is 2.77. The molecule has 0 spiro atoms. The van der Waals surface area contributed by atoms with Crippen molar-refractivity contribution in [2.45, 2.75) is 24.5 Å². The van der Waals surface area contributed by atoms with Crippen LogP contribution in [0.4, 0.5) is 0 Å². The lowest BCUT2D eigenvalue weighted by atomic mass is 10.2. The van der Waals surface area contributed by atoms with Gasteiger partial charge in [-0.05, 0) is 18.6 Å². The Morgan fingerprint density at radius 2 is 2.62 bits per heavy atom. The quantitative estimate of drug-likeness (QED) is 0.484. The van der Waals surface area contributed by atoms with E-state index in [0.29, 0.717) is 0 Å². The number of hydrogen-bond acceptors (Lipinski definition) is 1. The molecule has 1 atom stereocenters. The van der Waals surface area contributed by atoms with E-state index in [0.717, 1.165) is 11.7 Å². The molecule has 1 saturated heterocycles. The lowest BCUT2D eigenvalue weighted by molar-refractivity contribution is 0.800. The van der Waals surface area contributed by atoms with Gasteiger partial charge in [-0.3, -0.25) is 0 Å². The molecule has 1 aliphatic heterocycles. The highest BCUT2D eigenvalue weighted by Gasteiger charge is 2.12. The van der Waals surface area contributed by atoms with E-state index in [1.54, 1.807) is 0 Å². The van der Waals surface area contributed by atoms with E-state index in [1.165, 1.54) is 18.6 Å². The maximum absolute atomic E-state index is 5.14. The average Bonchev–Trinajstić information content (AvgIpc) is 2.19. The van der Waals surface area contributed by atoms with Crippen LogP contribution in [0.25, 0.3) is 0 Å². The SMILES string of the molecule is C#CCC1CCCS1. The summed E-state index contributed by atoms with van der Waals surface area (Å²) in [5.41, 5.74) is 0. The Kier molecular flexibility index (Phi) is 2.29. The van der Waals surface area contributed by atoms with Crippen LogP contribution >= 0.6 is 11.8 Å². The topological polar surface area (TPSA) is 0 Å². The van der Waals surface area contributed by atoms with Gasteiger partial charge in [0.2, 0.25) is 0 Å². The van der Waals surface area contributed by atoms with Gasteiger partial charge < -0.3 is 0 Å². The summed E-state index contributed by atoms with van der Waals surface area (Å²) in [5, 5.41) is 0.792. The van der Waals surface area contributed by atoms with Crippen LogP contribution in [0.1, 0.15) is 19.3 Å². The smallest absolute Gasteiger partial charge is 0.0205 e. The number of thioether (sulfide) groups is 1. The van der Waals surface area contributed by atoms with E-state index in [9.17, 15) is 0 Å². The highest BCUT2D eigenvalue weighted by molar-refractivity contribution is 8.00. The largest absolute Gasteiger partial charge is 0.158 e. The molecule has 44 valence electrons. The van der Waals surface area contributed by atoms with Crippen LogP contribution in [0.5, 0.6) is 0 Å². The molecule has 0 bridgehead atoms. The summed E-state index contributed by atoms with van der Waals surface area (Å²) in [6.45, 7) is 0. The van der Waals surface area contributed by atoms with Gasteiger partial charge in [0.15, 0.2) is 0 Å². The zero-order valence-corrected chi connectivity index (χ0v) is 5.71. The predicted octanol–water partition coefficient (Wildman–Crippen LogP) is 1.91. The first-order chi connectivity index (χ1) is 3.93. The van der Waals surface area contributed by atoms with Gasteiger partial charge in [-0.25, -0.2) is 0 Å². The lowest BCUT2D eigenvalue weighted by Gasteiger charge is -1.98. The number of terminal acetylenes is 1. The molecule has 1 fully saturated rings. The van der Waals surface area contributed by atoms with Crippen molar-refractivity contribution in [3.63, 3.8) is 0 Å². The van der Waals surface area contributed by atoms with Crippen molar-refractivity contribution in [3.8, 4) is 12.3 Å². The molecule has 1 heterocycles. The van der Waals surface area contributed by atoms with Crippen LogP contribution in [0.3, 0.4) is 0 Å². The first-order valence-electron chi connectivity index (χ1n) is 2.98. The molecular formula is C7H10S. The Hall–Kier alpha value is -0.0900. The Morgan fingerprint density at radius 1 is 1.75 bits per heavy atom. The van der Waals surface area contributed by atoms with Gasteiger partial charge in [-0.2, -0.15) is 11.8 Å². The third kappa shape index (κ3) is 1.45. The van der Waals surface area contributed by atoms with Crippen molar-refractivity contribution in [2.24, 2.45) is 0 Å². The monoisotopic (exact) mass is 126 g/mol. The van der Waals surface area contributed by atoms with Crippen LogP contribution < -0.4 is 0 Å². The van der Waals surface area contributed by atoms with E-state index >= 15 is 0 Å². The summed E-state index contributed by atoms with van der Waals surface area (Å²) >= 11 is 2.02. The summed E-state index contributed by atoms with van der Waals surface area (Å²) in [7, 11) is 0. The molecule has 1 rings (SSSR count). The van der Waals surface area contributed by atoms with Crippen LogP contribution in [0, 0.1) is 12.3 Å². The zero-order chi connectivity index (χ0) is 5.82. The van der Waals surface area contributed by atoms with Gasteiger partial charge in [0, 0.05) is 11.7 Å². The molecule has 0 N–H and O–H groups in total. The third-order valence-electron chi connectivity index (χ3n) is 1.37. The molecule has 0 aromatic carbocycles. The molecular weight excluding hydrogens is 116 g/mol. The summed E-state index contributed by atoms with van der Waals surface area (Å²) in [5.74, 6) is 4.01. The van der Waals surface area contributed by atoms with Gasteiger partial charge >= 0.3 is 0 Å². The van der Waals surface area contributed by atoms with Crippen molar-refractivity contribution < 1.29 is 0 Å². The normalized spacial score (nSPS) is 27.6. The standard InChI is InChI=1S/C7H10S/c1-2-4-7-5-3-6-8-7/h1,7H,3-6H2. The van der Waals surface area contributed by atoms with Crippen LogP contribution in [-0.2, 0) is 0 Å². The molecule has 0 saturated carbocycles. The molecule has 1 unspecified atom stereocenters. The molecule has 0 nitrogen and oxygen atoms in total. The Balaban J connectivity index is 2.17. The highest BCUT2D eigenvalue weighted by Crippen LogP contribution is 2.27. The second-order valence-corrected chi connectivity index (χ2v) is 3.45. The number of rotatable bonds is 1. The molecule has 0 aromatic heterocycles. The second kappa shape index (κ2) is 3.04. The maximum Gasteiger partial charge on any atom is 0.0205 e. The fourth-order valence-electron chi connectivity index (χ4n) is 0.937. The van der Waals surface area contributed by atoms with Crippen molar-refractivity contribution in [1.29, 1.82) is 0 Å². The Labute approximate surface area is 55.0 Å². The van der Waals surface area contributed by atoms with Crippen LogP contribution in [0.2, 0.25) is 0 Å². The first-order valence-corrected chi connectivity index (χ1v) is 4.03. The van der Waals surface area contributed by atoms with Gasteiger partial charge in [-0.1, -0.05) is 0 Å². The molecule has 0 aliphatic carbocycles. The number of hydrogen-bond donors (Lipinski definition) is 0. The summed E-state index contributed by atoms with van der Waals surface area (Å²) in [4.78, 5) is 0. The summed E-state index contributed by atoms with van der Waals surface area (Å²) in [6.07, 6.45) is 8.84. The predicted molar refractivity (Wildman–Crippen MR) is 38.9 cm³/mol. The van der Waals surface area contributed by atoms with Gasteiger partial charge in [0.05, 0.1) is 0 Å². The minimum atomic E-state index is 0.792. The Bertz CT molecular complexity index is 95.4. The molecule has 8 heavy (non-hydrogen) atoms. The molecule has 1 heteroatoms.